The van der Waals surface area contributed by atoms with Crippen LogP contribution in [0.1, 0.15) is 24.8 Å². The molecule has 0 heterocycles. The van der Waals surface area contributed by atoms with E-state index in [0.717, 1.165) is 23.1 Å². The van der Waals surface area contributed by atoms with Gasteiger partial charge in [0.1, 0.15) is 0 Å². The lowest BCUT2D eigenvalue weighted by Crippen LogP contribution is -2.01. The van der Waals surface area contributed by atoms with Crippen LogP contribution in [-0.4, -0.2) is 22.6 Å². The van der Waals surface area contributed by atoms with Gasteiger partial charge in [-0.25, -0.2) is 0 Å². The lowest BCUT2D eigenvalue weighted by Gasteiger charge is -2.08. The van der Waals surface area contributed by atoms with E-state index in [1.807, 2.05) is 30.3 Å². The molecule has 0 saturated carbocycles. The molecular weight excluding hydrogens is 321 g/mol. The molecule has 5 heteroatoms. The van der Waals surface area contributed by atoms with Crippen molar-refractivity contribution in [1.29, 1.82) is 0 Å². The lowest BCUT2D eigenvalue weighted by atomic mass is 10.00. The van der Waals surface area contributed by atoms with Gasteiger partial charge in [-0.1, -0.05) is 58.7 Å². The highest BCUT2D eigenvalue weighted by atomic mass is 35.5. The van der Waals surface area contributed by atoms with Crippen LogP contribution in [0.2, 0.25) is 10.0 Å². The number of unbranched alkanes of at least 4 members (excludes halogenated alkanes) is 1. The Hall–Kier alpha value is -1.55. The van der Waals surface area contributed by atoms with Gasteiger partial charge in [0.15, 0.2) is 0 Å². The Morgan fingerprint density at radius 1 is 1.00 bits per heavy atom. The molecule has 3 nitrogen and oxygen atoms in total. The SMILES string of the molecule is OCCCC/C(=N/O)c1ccc(-c2ccc(Cl)cc2Cl)cc1. The molecule has 0 bridgehead atoms. The first-order chi connectivity index (χ1) is 10.7. The van der Waals surface area contributed by atoms with Gasteiger partial charge >= 0.3 is 0 Å². The summed E-state index contributed by atoms with van der Waals surface area (Å²) < 4.78 is 0. The second-order valence-corrected chi connectivity index (χ2v) is 5.77. The van der Waals surface area contributed by atoms with Crippen molar-refractivity contribution in [2.24, 2.45) is 5.16 Å². The molecule has 0 spiro atoms. The molecule has 22 heavy (non-hydrogen) atoms. The van der Waals surface area contributed by atoms with Gasteiger partial charge in [0.25, 0.3) is 0 Å². The maximum Gasteiger partial charge on any atom is 0.0867 e. The molecule has 2 aromatic rings. The van der Waals surface area contributed by atoms with Gasteiger partial charge in [-0.3, -0.25) is 0 Å². The van der Waals surface area contributed by atoms with Crippen LogP contribution in [0.15, 0.2) is 47.6 Å². The van der Waals surface area contributed by atoms with Crippen molar-refractivity contribution in [2.75, 3.05) is 6.61 Å². The van der Waals surface area contributed by atoms with Crippen LogP contribution < -0.4 is 0 Å². The summed E-state index contributed by atoms with van der Waals surface area (Å²) in [7, 11) is 0. The van der Waals surface area contributed by atoms with E-state index >= 15 is 0 Å². The Morgan fingerprint density at radius 3 is 2.32 bits per heavy atom. The molecule has 116 valence electrons. The summed E-state index contributed by atoms with van der Waals surface area (Å²) in [6.07, 6.45) is 2.09. The van der Waals surface area contributed by atoms with Crippen LogP contribution in [-0.2, 0) is 0 Å². The van der Waals surface area contributed by atoms with Crippen molar-refractivity contribution in [3.63, 3.8) is 0 Å². The first-order valence-electron chi connectivity index (χ1n) is 7.03. The topological polar surface area (TPSA) is 52.8 Å². The second-order valence-electron chi connectivity index (χ2n) is 4.93. The average molecular weight is 338 g/mol. The number of aliphatic hydroxyl groups is 1. The quantitative estimate of drug-likeness (QED) is 0.337. The molecule has 0 amide bonds. The zero-order chi connectivity index (χ0) is 15.9. The van der Waals surface area contributed by atoms with Gasteiger partial charge < -0.3 is 10.3 Å². The standard InChI is InChI=1S/C17H17Cl2NO2/c18-14-8-9-15(16(19)11-14)12-4-6-13(7-5-12)17(20-22)3-1-2-10-21/h4-9,11,21-22H,1-3,10H2/b20-17-. The van der Waals surface area contributed by atoms with Gasteiger partial charge in [0, 0.05) is 22.2 Å². The van der Waals surface area contributed by atoms with Crippen LogP contribution in [0.4, 0.5) is 0 Å². The van der Waals surface area contributed by atoms with Gasteiger partial charge in [-0.15, -0.1) is 0 Å². The molecule has 0 radical (unpaired) electrons. The number of aliphatic hydroxyl groups excluding tert-OH is 1. The predicted octanol–water partition coefficient (Wildman–Crippen LogP) is 5.00. The predicted molar refractivity (Wildman–Crippen MR) is 91.2 cm³/mol. The van der Waals surface area contributed by atoms with E-state index < -0.39 is 0 Å². The minimum Gasteiger partial charge on any atom is -0.411 e. The summed E-state index contributed by atoms with van der Waals surface area (Å²) in [6.45, 7) is 0.146. The third-order valence-electron chi connectivity index (χ3n) is 3.40. The third kappa shape index (κ3) is 4.23. The molecule has 2 aromatic carbocycles. The maximum atomic E-state index is 9.13. The lowest BCUT2D eigenvalue weighted by molar-refractivity contribution is 0.284. The fourth-order valence-corrected chi connectivity index (χ4v) is 2.74. The summed E-state index contributed by atoms with van der Waals surface area (Å²) in [4.78, 5) is 0. The van der Waals surface area contributed by atoms with Crippen molar-refractivity contribution < 1.29 is 10.3 Å². The number of benzene rings is 2. The molecule has 0 atom stereocenters. The van der Waals surface area contributed by atoms with Gasteiger partial charge in [0.05, 0.1) is 5.71 Å². The fourth-order valence-electron chi connectivity index (χ4n) is 2.22. The molecule has 0 aliphatic heterocycles. The summed E-state index contributed by atoms with van der Waals surface area (Å²) in [6, 6.07) is 13.0. The number of hydrogen-bond acceptors (Lipinski definition) is 3. The van der Waals surface area contributed by atoms with E-state index in [-0.39, 0.29) is 6.61 Å². The first kappa shape index (κ1) is 16.8. The Balaban J connectivity index is 2.19. The van der Waals surface area contributed by atoms with E-state index in [9.17, 15) is 0 Å². The van der Waals surface area contributed by atoms with Gasteiger partial charge in [-0.05, 0) is 42.5 Å². The van der Waals surface area contributed by atoms with E-state index in [2.05, 4.69) is 5.16 Å². The highest BCUT2D eigenvalue weighted by molar-refractivity contribution is 6.36. The zero-order valence-corrected chi connectivity index (χ0v) is 13.5. The molecule has 2 rings (SSSR count). The first-order valence-corrected chi connectivity index (χ1v) is 7.79. The molecule has 0 aliphatic rings. The highest BCUT2D eigenvalue weighted by Crippen LogP contribution is 2.30. The Bertz CT molecular complexity index is 654. The van der Waals surface area contributed by atoms with Crippen molar-refractivity contribution in [2.45, 2.75) is 19.3 Å². The Morgan fingerprint density at radius 2 is 1.73 bits per heavy atom. The van der Waals surface area contributed by atoms with Crippen molar-refractivity contribution in [1.82, 2.24) is 0 Å². The van der Waals surface area contributed by atoms with Crippen molar-refractivity contribution >= 4 is 28.9 Å². The average Bonchev–Trinajstić information content (AvgIpc) is 2.52. The van der Waals surface area contributed by atoms with E-state index in [4.69, 9.17) is 33.5 Å². The summed E-state index contributed by atoms with van der Waals surface area (Å²) >= 11 is 12.1. The van der Waals surface area contributed by atoms with E-state index in [1.54, 1.807) is 12.1 Å². The fraction of sp³-hybridized carbons (Fsp3) is 0.235. The van der Waals surface area contributed by atoms with Gasteiger partial charge in [-0.2, -0.15) is 0 Å². The zero-order valence-electron chi connectivity index (χ0n) is 12.0. The van der Waals surface area contributed by atoms with Crippen LogP contribution in [0, 0.1) is 0 Å². The number of hydrogen-bond donors (Lipinski definition) is 2. The van der Waals surface area contributed by atoms with Crippen LogP contribution in [0.25, 0.3) is 11.1 Å². The molecule has 0 aliphatic carbocycles. The van der Waals surface area contributed by atoms with Gasteiger partial charge in [0.2, 0.25) is 0 Å². The maximum absolute atomic E-state index is 9.13. The molecule has 0 fully saturated rings. The highest BCUT2D eigenvalue weighted by Gasteiger charge is 2.07. The number of halogens is 2. The van der Waals surface area contributed by atoms with Crippen molar-refractivity contribution in [3.05, 3.63) is 58.1 Å². The Labute approximate surface area is 139 Å². The molecular formula is C17H17Cl2NO2. The second kappa shape index (κ2) is 8.18. The minimum absolute atomic E-state index is 0.146. The summed E-state index contributed by atoms with van der Waals surface area (Å²) in [5, 5.41) is 22.5. The van der Waals surface area contributed by atoms with E-state index in [1.165, 1.54) is 0 Å². The largest absolute Gasteiger partial charge is 0.411 e. The monoisotopic (exact) mass is 337 g/mol. The molecule has 0 aromatic heterocycles. The van der Waals surface area contributed by atoms with Crippen LogP contribution in [0.3, 0.4) is 0 Å². The van der Waals surface area contributed by atoms with Crippen LogP contribution in [0.5, 0.6) is 0 Å². The smallest absolute Gasteiger partial charge is 0.0867 e. The number of oxime groups is 1. The van der Waals surface area contributed by atoms with Crippen molar-refractivity contribution in [3.8, 4) is 11.1 Å². The Kier molecular flexibility index (Phi) is 6.25. The summed E-state index contributed by atoms with van der Waals surface area (Å²) in [5.41, 5.74) is 3.34. The number of rotatable bonds is 6. The summed E-state index contributed by atoms with van der Waals surface area (Å²) in [5.74, 6) is 0. The molecule has 0 unspecified atom stereocenters. The third-order valence-corrected chi connectivity index (χ3v) is 3.95. The number of nitrogens with zero attached hydrogens (tertiary/aromatic N) is 1. The van der Waals surface area contributed by atoms with Crippen LogP contribution >= 0.6 is 23.2 Å². The molecule has 2 N–H and O–H groups in total. The minimum atomic E-state index is 0.146. The normalized spacial score (nSPS) is 11.7. The van der Waals surface area contributed by atoms with E-state index in [0.29, 0.717) is 28.6 Å². The molecule has 0 saturated heterocycles.